The first-order valence-electron chi connectivity index (χ1n) is 8.77. The Morgan fingerprint density at radius 2 is 1.77 bits per heavy atom. The summed E-state index contributed by atoms with van der Waals surface area (Å²) >= 11 is 0. The molecule has 1 heterocycles. The molecule has 1 fully saturated rings. The van der Waals surface area contributed by atoms with Crippen LogP contribution in [-0.4, -0.2) is 59.2 Å². The first kappa shape index (κ1) is 25.4. The number of sulfonamides is 1. The summed E-state index contributed by atoms with van der Waals surface area (Å²) in [5.74, 6) is 0.714. The zero-order valence-electron chi connectivity index (χ0n) is 15.3. The van der Waals surface area contributed by atoms with Crippen LogP contribution in [0.3, 0.4) is 0 Å². The van der Waals surface area contributed by atoms with Crippen molar-refractivity contribution in [1.82, 2.24) is 14.9 Å². The van der Waals surface area contributed by atoms with Gasteiger partial charge in [0.05, 0.1) is 11.5 Å². The summed E-state index contributed by atoms with van der Waals surface area (Å²) < 4.78 is 32.9. The lowest BCUT2D eigenvalue weighted by atomic mass is 10.3. The summed E-state index contributed by atoms with van der Waals surface area (Å²) in [4.78, 5) is 2.54. The topological polar surface area (TPSA) is 70.7 Å². The number of nitrogens with zero attached hydrogens (tertiary/aromatic N) is 1. The molecular formula is C17H31Cl2N3O3S. The maximum absolute atomic E-state index is 12.3. The van der Waals surface area contributed by atoms with E-state index in [0.717, 1.165) is 52.0 Å². The number of hydrogen-bond acceptors (Lipinski definition) is 5. The van der Waals surface area contributed by atoms with Crippen molar-refractivity contribution in [3.8, 4) is 5.75 Å². The van der Waals surface area contributed by atoms with E-state index >= 15 is 0 Å². The van der Waals surface area contributed by atoms with Crippen LogP contribution in [0.15, 0.2) is 29.2 Å². The Bertz CT molecular complexity index is 579. The minimum absolute atomic E-state index is 0. The standard InChI is InChI=1S/C17H29N3O3S.2ClH/c1-2-3-4-15-23-16-5-7-17(8-6-16)24(21,22)19-11-14-20-12-9-18-10-13-20;;/h5-8,18-19H,2-4,9-15H2,1H3;2*1H. The predicted octanol–water partition coefficient (Wildman–Crippen LogP) is 2.28. The fraction of sp³-hybridized carbons (Fsp3) is 0.647. The van der Waals surface area contributed by atoms with Gasteiger partial charge < -0.3 is 10.1 Å². The Hall–Kier alpha value is -0.570. The normalized spacial score (nSPS) is 15.0. The van der Waals surface area contributed by atoms with Crippen molar-refractivity contribution in [2.45, 2.75) is 31.1 Å². The van der Waals surface area contributed by atoms with Gasteiger partial charge in [-0.25, -0.2) is 13.1 Å². The average molecular weight is 428 g/mol. The van der Waals surface area contributed by atoms with Crippen LogP contribution in [0.4, 0.5) is 0 Å². The summed E-state index contributed by atoms with van der Waals surface area (Å²) in [7, 11) is -3.45. The molecule has 2 N–H and O–H groups in total. The Balaban J connectivity index is 0.00000312. The highest BCUT2D eigenvalue weighted by Crippen LogP contribution is 2.16. The second-order valence-electron chi connectivity index (χ2n) is 6.02. The quantitative estimate of drug-likeness (QED) is 0.560. The third-order valence-electron chi connectivity index (χ3n) is 4.08. The minimum atomic E-state index is -3.45. The molecule has 1 aromatic rings. The summed E-state index contributed by atoms with van der Waals surface area (Å²) in [6.45, 7) is 7.84. The molecule has 1 aromatic carbocycles. The Labute approximate surface area is 169 Å². The second kappa shape index (κ2) is 13.6. The molecule has 1 aliphatic rings. The van der Waals surface area contributed by atoms with Crippen LogP contribution >= 0.6 is 24.8 Å². The molecule has 0 bridgehead atoms. The number of rotatable bonds is 10. The lowest BCUT2D eigenvalue weighted by Crippen LogP contribution is -2.46. The summed E-state index contributed by atoms with van der Waals surface area (Å²) in [6.07, 6.45) is 3.31. The van der Waals surface area contributed by atoms with Gasteiger partial charge in [0.2, 0.25) is 10.0 Å². The van der Waals surface area contributed by atoms with Gasteiger partial charge in [-0.05, 0) is 30.7 Å². The minimum Gasteiger partial charge on any atom is -0.494 e. The molecule has 152 valence electrons. The van der Waals surface area contributed by atoms with Crippen LogP contribution in [0.1, 0.15) is 26.2 Å². The molecule has 0 unspecified atom stereocenters. The molecule has 1 aliphatic heterocycles. The van der Waals surface area contributed by atoms with E-state index in [-0.39, 0.29) is 29.7 Å². The molecule has 6 nitrogen and oxygen atoms in total. The Morgan fingerprint density at radius 1 is 1.12 bits per heavy atom. The Kier molecular flexibility index (Phi) is 13.3. The van der Waals surface area contributed by atoms with Gasteiger partial charge in [0, 0.05) is 39.3 Å². The number of unbranched alkanes of at least 4 members (excludes halogenated alkanes) is 2. The van der Waals surface area contributed by atoms with Gasteiger partial charge in [0.15, 0.2) is 0 Å². The number of nitrogens with one attached hydrogen (secondary N) is 2. The van der Waals surface area contributed by atoms with E-state index < -0.39 is 10.0 Å². The van der Waals surface area contributed by atoms with E-state index in [9.17, 15) is 8.42 Å². The first-order chi connectivity index (χ1) is 11.6. The molecule has 26 heavy (non-hydrogen) atoms. The van der Waals surface area contributed by atoms with Crippen LogP contribution in [0.5, 0.6) is 5.75 Å². The first-order valence-corrected chi connectivity index (χ1v) is 10.3. The molecular weight excluding hydrogens is 397 g/mol. The van der Waals surface area contributed by atoms with Crippen LogP contribution in [-0.2, 0) is 10.0 Å². The van der Waals surface area contributed by atoms with Crippen LogP contribution < -0.4 is 14.8 Å². The number of piperazine rings is 1. The van der Waals surface area contributed by atoms with E-state index in [1.54, 1.807) is 24.3 Å². The lowest BCUT2D eigenvalue weighted by molar-refractivity contribution is 0.245. The molecule has 0 amide bonds. The SMILES string of the molecule is CCCCCOc1ccc(S(=O)(=O)NCCN2CCNCC2)cc1.Cl.Cl. The van der Waals surface area contributed by atoms with E-state index in [2.05, 4.69) is 21.9 Å². The van der Waals surface area contributed by atoms with Gasteiger partial charge in [-0.2, -0.15) is 0 Å². The summed E-state index contributed by atoms with van der Waals surface area (Å²) in [5.41, 5.74) is 0. The zero-order valence-corrected chi connectivity index (χ0v) is 17.7. The van der Waals surface area contributed by atoms with E-state index in [1.807, 2.05) is 0 Å². The molecule has 0 aliphatic carbocycles. The van der Waals surface area contributed by atoms with Crippen molar-refractivity contribution in [3.05, 3.63) is 24.3 Å². The summed E-state index contributed by atoms with van der Waals surface area (Å²) in [5, 5.41) is 3.28. The average Bonchev–Trinajstić information content (AvgIpc) is 2.60. The number of ether oxygens (including phenoxy) is 1. The third-order valence-corrected chi connectivity index (χ3v) is 5.56. The van der Waals surface area contributed by atoms with Crippen molar-refractivity contribution in [2.75, 3.05) is 45.9 Å². The molecule has 0 spiro atoms. The highest BCUT2D eigenvalue weighted by Gasteiger charge is 2.15. The van der Waals surface area contributed by atoms with Gasteiger partial charge in [0.1, 0.15) is 5.75 Å². The lowest BCUT2D eigenvalue weighted by Gasteiger charge is -2.27. The van der Waals surface area contributed by atoms with E-state index in [4.69, 9.17) is 4.74 Å². The molecule has 0 saturated carbocycles. The molecule has 2 rings (SSSR count). The maximum Gasteiger partial charge on any atom is 0.240 e. The molecule has 1 saturated heterocycles. The maximum atomic E-state index is 12.3. The number of benzene rings is 1. The largest absolute Gasteiger partial charge is 0.494 e. The molecule has 0 atom stereocenters. The third kappa shape index (κ3) is 8.88. The molecule has 0 radical (unpaired) electrons. The fourth-order valence-electron chi connectivity index (χ4n) is 2.61. The van der Waals surface area contributed by atoms with Gasteiger partial charge in [-0.1, -0.05) is 19.8 Å². The van der Waals surface area contributed by atoms with E-state index in [0.29, 0.717) is 18.9 Å². The number of halogens is 2. The van der Waals surface area contributed by atoms with Gasteiger partial charge >= 0.3 is 0 Å². The van der Waals surface area contributed by atoms with Crippen molar-refractivity contribution in [1.29, 1.82) is 0 Å². The van der Waals surface area contributed by atoms with Crippen LogP contribution in [0, 0.1) is 0 Å². The fourth-order valence-corrected chi connectivity index (χ4v) is 3.63. The number of hydrogen-bond donors (Lipinski definition) is 2. The van der Waals surface area contributed by atoms with Crippen molar-refractivity contribution in [2.24, 2.45) is 0 Å². The second-order valence-corrected chi connectivity index (χ2v) is 7.78. The van der Waals surface area contributed by atoms with Gasteiger partial charge in [-0.15, -0.1) is 24.8 Å². The van der Waals surface area contributed by atoms with Crippen LogP contribution in [0.25, 0.3) is 0 Å². The van der Waals surface area contributed by atoms with Crippen molar-refractivity contribution in [3.63, 3.8) is 0 Å². The zero-order chi connectivity index (χ0) is 17.3. The summed E-state index contributed by atoms with van der Waals surface area (Å²) in [6, 6.07) is 6.64. The molecule has 9 heteroatoms. The molecule has 0 aromatic heterocycles. The predicted molar refractivity (Wildman–Crippen MR) is 110 cm³/mol. The smallest absolute Gasteiger partial charge is 0.240 e. The van der Waals surface area contributed by atoms with Crippen molar-refractivity contribution < 1.29 is 13.2 Å². The van der Waals surface area contributed by atoms with Gasteiger partial charge in [0.25, 0.3) is 0 Å². The highest BCUT2D eigenvalue weighted by molar-refractivity contribution is 7.89. The van der Waals surface area contributed by atoms with Crippen molar-refractivity contribution >= 4 is 34.8 Å². The van der Waals surface area contributed by atoms with Crippen LogP contribution in [0.2, 0.25) is 0 Å². The van der Waals surface area contributed by atoms with Gasteiger partial charge in [-0.3, -0.25) is 4.90 Å². The van der Waals surface area contributed by atoms with E-state index in [1.165, 1.54) is 0 Å². The Morgan fingerprint density at radius 3 is 2.38 bits per heavy atom. The monoisotopic (exact) mass is 427 g/mol. The highest BCUT2D eigenvalue weighted by atomic mass is 35.5.